The summed E-state index contributed by atoms with van der Waals surface area (Å²) in [5.41, 5.74) is 3.35. The number of aromatic nitrogens is 1. The lowest BCUT2D eigenvalue weighted by Gasteiger charge is -2.29. The van der Waals surface area contributed by atoms with Crippen LogP contribution in [0.5, 0.6) is 0 Å². The molecule has 0 spiro atoms. The Morgan fingerprint density at radius 2 is 2.14 bits per heavy atom. The Kier molecular flexibility index (Phi) is 4.21. The summed E-state index contributed by atoms with van der Waals surface area (Å²) < 4.78 is 0. The Labute approximate surface area is 135 Å². The van der Waals surface area contributed by atoms with E-state index in [9.17, 15) is 5.11 Å². The SMILES string of the molecule is Cc1nc(N(C)C)sc1CNC1(CO)CCc2ccccc21. The summed E-state index contributed by atoms with van der Waals surface area (Å²) in [7, 11) is 4.02. The molecule has 1 aromatic carbocycles. The maximum absolute atomic E-state index is 10.0. The summed E-state index contributed by atoms with van der Waals surface area (Å²) in [6, 6.07) is 8.42. The third kappa shape index (κ3) is 2.64. The van der Waals surface area contributed by atoms with Crippen LogP contribution in [0.1, 0.15) is 28.1 Å². The Morgan fingerprint density at radius 3 is 2.82 bits per heavy atom. The van der Waals surface area contributed by atoms with Gasteiger partial charge in [0.2, 0.25) is 0 Å². The highest BCUT2D eigenvalue weighted by molar-refractivity contribution is 7.15. The summed E-state index contributed by atoms with van der Waals surface area (Å²) in [4.78, 5) is 7.86. The largest absolute Gasteiger partial charge is 0.394 e. The molecule has 0 saturated carbocycles. The van der Waals surface area contributed by atoms with Crippen molar-refractivity contribution in [3.05, 3.63) is 46.0 Å². The first kappa shape index (κ1) is 15.5. The van der Waals surface area contributed by atoms with Gasteiger partial charge in [-0.1, -0.05) is 24.3 Å². The van der Waals surface area contributed by atoms with Crippen LogP contribution < -0.4 is 10.2 Å². The van der Waals surface area contributed by atoms with Gasteiger partial charge >= 0.3 is 0 Å². The molecule has 1 aliphatic carbocycles. The number of aryl methyl sites for hydroxylation is 2. The number of aliphatic hydroxyl groups excluding tert-OH is 1. The number of anilines is 1. The lowest BCUT2D eigenvalue weighted by Crippen LogP contribution is -2.43. The Morgan fingerprint density at radius 1 is 1.36 bits per heavy atom. The van der Waals surface area contributed by atoms with E-state index in [1.807, 2.05) is 19.0 Å². The van der Waals surface area contributed by atoms with Crippen LogP contribution in [0.3, 0.4) is 0 Å². The molecule has 0 amide bonds. The van der Waals surface area contributed by atoms with Crippen molar-refractivity contribution in [2.75, 3.05) is 25.6 Å². The van der Waals surface area contributed by atoms with Crippen LogP contribution >= 0.6 is 11.3 Å². The first-order chi connectivity index (χ1) is 10.6. The molecule has 2 aromatic rings. The zero-order valence-electron chi connectivity index (χ0n) is 13.4. The molecular formula is C17H23N3OS. The molecule has 0 aliphatic heterocycles. The van der Waals surface area contributed by atoms with Crippen molar-refractivity contribution in [2.24, 2.45) is 0 Å². The highest BCUT2D eigenvalue weighted by Gasteiger charge is 2.37. The van der Waals surface area contributed by atoms with Gasteiger partial charge in [0.05, 0.1) is 17.8 Å². The summed E-state index contributed by atoms with van der Waals surface area (Å²) in [5, 5.41) is 14.7. The van der Waals surface area contributed by atoms with Crippen molar-refractivity contribution < 1.29 is 5.11 Å². The number of thiazole rings is 1. The molecule has 3 rings (SSSR count). The Hall–Kier alpha value is -1.43. The second-order valence-corrected chi connectivity index (χ2v) is 7.21. The van der Waals surface area contributed by atoms with Gasteiger partial charge in [0.15, 0.2) is 5.13 Å². The number of benzene rings is 1. The van der Waals surface area contributed by atoms with Crippen molar-refractivity contribution in [3.8, 4) is 0 Å². The molecule has 0 fully saturated rings. The normalized spacial score (nSPS) is 20.2. The molecule has 2 N–H and O–H groups in total. The summed E-state index contributed by atoms with van der Waals surface area (Å²) >= 11 is 1.71. The third-order valence-electron chi connectivity index (χ3n) is 4.48. The topological polar surface area (TPSA) is 48.4 Å². The monoisotopic (exact) mass is 317 g/mol. The first-order valence-corrected chi connectivity index (χ1v) is 8.45. The smallest absolute Gasteiger partial charge is 0.185 e. The number of rotatable bonds is 5. The summed E-state index contributed by atoms with van der Waals surface area (Å²) in [6.45, 7) is 2.92. The second kappa shape index (κ2) is 5.99. The molecule has 0 bridgehead atoms. The maximum atomic E-state index is 10.0. The van der Waals surface area contributed by atoms with Gasteiger partial charge in [0.25, 0.3) is 0 Å². The number of nitrogens with zero attached hydrogens (tertiary/aromatic N) is 2. The molecule has 1 atom stereocenters. The van der Waals surface area contributed by atoms with E-state index >= 15 is 0 Å². The van der Waals surface area contributed by atoms with Crippen molar-refractivity contribution in [3.63, 3.8) is 0 Å². The van der Waals surface area contributed by atoms with Crippen LogP contribution in [0.2, 0.25) is 0 Å². The van der Waals surface area contributed by atoms with Crippen LogP contribution in [0.4, 0.5) is 5.13 Å². The van der Waals surface area contributed by atoms with Gasteiger partial charge in [-0.3, -0.25) is 0 Å². The minimum Gasteiger partial charge on any atom is -0.394 e. The summed E-state index contributed by atoms with van der Waals surface area (Å²) in [6.07, 6.45) is 1.97. The van der Waals surface area contributed by atoms with Crippen LogP contribution in [-0.4, -0.2) is 30.8 Å². The van der Waals surface area contributed by atoms with E-state index in [1.165, 1.54) is 16.0 Å². The second-order valence-electron chi connectivity index (χ2n) is 6.15. The van der Waals surface area contributed by atoms with E-state index in [-0.39, 0.29) is 12.1 Å². The zero-order valence-corrected chi connectivity index (χ0v) is 14.2. The number of aliphatic hydroxyl groups is 1. The number of nitrogens with one attached hydrogen (secondary N) is 1. The average Bonchev–Trinajstić information content (AvgIpc) is 3.07. The molecule has 1 aliphatic rings. The predicted octanol–water partition coefficient (Wildman–Crippen LogP) is 2.44. The first-order valence-electron chi connectivity index (χ1n) is 7.63. The van der Waals surface area contributed by atoms with E-state index in [2.05, 4.69) is 41.5 Å². The molecule has 1 aromatic heterocycles. The number of hydrogen-bond donors (Lipinski definition) is 2. The number of hydrogen-bond acceptors (Lipinski definition) is 5. The molecule has 4 nitrogen and oxygen atoms in total. The van der Waals surface area contributed by atoms with Crippen LogP contribution in [0, 0.1) is 6.92 Å². The minimum atomic E-state index is -0.314. The quantitative estimate of drug-likeness (QED) is 0.889. The van der Waals surface area contributed by atoms with Crippen LogP contribution in [0.15, 0.2) is 24.3 Å². The van der Waals surface area contributed by atoms with E-state index in [0.717, 1.165) is 30.2 Å². The van der Waals surface area contributed by atoms with Gasteiger partial charge < -0.3 is 15.3 Å². The van der Waals surface area contributed by atoms with Crippen molar-refractivity contribution in [2.45, 2.75) is 31.8 Å². The van der Waals surface area contributed by atoms with E-state index in [0.29, 0.717) is 0 Å². The van der Waals surface area contributed by atoms with Crippen LogP contribution in [-0.2, 0) is 18.5 Å². The summed E-state index contributed by atoms with van der Waals surface area (Å²) in [5.74, 6) is 0. The lowest BCUT2D eigenvalue weighted by molar-refractivity contribution is 0.159. The van der Waals surface area contributed by atoms with Gasteiger partial charge in [-0.15, -0.1) is 11.3 Å². The van der Waals surface area contributed by atoms with Crippen LogP contribution in [0.25, 0.3) is 0 Å². The van der Waals surface area contributed by atoms with E-state index < -0.39 is 0 Å². The highest BCUT2D eigenvalue weighted by Crippen LogP contribution is 2.37. The predicted molar refractivity (Wildman–Crippen MR) is 91.5 cm³/mol. The van der Waals surface area contributed by atoms with Gasteiger partial charge in [-0.05, 0) is 30.9 Å². The minimum absolute atomic E-state index is 0.127. The molecule has 5 heteroatoms. The van der Waals surface area contributed by atoms with Crippen molar-refractivity contribution in [1.82, 2.24) is 10.3 Å². The molecular weight excluding hydrogens is 294 g/mol. The fourth-order valence-corrected chi connectivity index (χ4v) is 4.03. The Bertz CT molecular complexity index is 668. The van der Waals surface area contributed by atoms with E-state index in [4.69, 9.17) is 0 Å². The van der Waals surface area contributed by atoms with Gasteiger partial charge in [0.1, 0.15) is 0 Å². The maximum Gasteiger partial charge on any atom is 0.185 e. The molecule has 118 valence electrons. The lowest BCUT2D eigenvalue weighted by atomic mass is 9.92. The molecule has 0 radical (unpaired) electrons. The molecule has 1 heterocycles. The fraction of sp³-hybridized carbons (Fsp3) is 0.471. The molecule has 0 saturated heterocycles. The standard InChI is InChI=1S/C17H23N3OS/c1-12-15(22-16(19-12)20(2)3)10-18-17(11-21)9-8-13-6-4-5-7-14(13)17/h4-7,18,21H,8-11H2,1-3H3. The molecule has 1 unspecified atom stereocenters. The average molecular weight is 317 g/mol. The van der Waals surface area contributed by atoms with Crippen molar-refractivity contribution in [1.29, 1.82) is 0 Å². The zero-order chi connectivity index (χ0) is 15.7. The number of fused-ring (bicyclic) bond motifs is 1. The van der Waals surface area contributed by atoms with E-state index in [1.54, 1.807) is 11.3 Å². The van der Waals surface area contributed by atoms with Crippen molar-refractivity contribution >= 4 is 16.5 Å². The van der Waals surface area contributed by atoms with Gasteiger partial charge in [-0.25, -0.2) is 4.98 Å². The Balaban J connectivity index is 1.81. The molecule has 22 heavy (non-hydrogen) atoms. The highest BCUT2D eigenvalue weighted by atomic mass is 32.1. The third-order valence-corrected chi connectivity index (χ3v) is 5.80. The van der Waals surface area contributed by atoms with Gasteiger partial charge in [-0.2, -0.15) is 0 Å². The van der Waals surface area contributed by atoms with Gasteiger partial charge in [0, 0.05) is 25.5 Å². The fourth-order valence-electron chi connectivity index (χ4n) is 3.11.